The van der Waals surface area contributed by atoms with Crippen molar-refractivity contribution in [3.8, 4) is 0 Å². The van der Waals surface area contributed by atoms with Crippen molar-refractivity contribution >= 4 is 0 Å². The van der Waals surface area contributed by atoms with E-state index in [0.29, 0.717) is 0 Å². The van der Waals surface area contributed by atoms with Crippen LogP contribution in [-0.4, -0.2) is 37.6 Å². The zero-order chi connectivity index (χ0) is 11.2. The van der Waals surface area contributed by atoms with Gasteiger partial charge in [0.05, 0.1) is 0 Å². The van der Waals surface area contributed by atoms with Crippen LogP contribution in [0.5, 0.6) is 0 Å². The highest BCUT2D eigenvalue weighted by molar-refractivity contribution is 5.25. The minimum Gasteiger partial charge on any atom is -0.315 e. The lowest BCUT2D eigenvalue weighted by atomic mass is 10.1. The van der Waals surface area contributed by atoms with Crippen LogP contribution in [0.1, 0.15) is 17.5 Å². The molecule has 0 bridgehead atoms. The van der Waals surface area contributed by atoms with Gasteiger partial charge in [-0.2, -0.15) is 0 Å². The van der Waals surface area contributed by atoms with Crippen LogP contribution in [0.25, 0.3) is 0 Å². The number of aryl methyl sites for hydroxylation is 1. The van der Waals surface area contributed by atoms with E-state index in [1.54, 1.807) is 0 Å². The first-order valence-corrected chi connectivity index (χ1v) is 6.34. The number of rotatable bonds is 3. The Hall–Kier alpha value is -0.860. The first-order chi connectivity index (χ1) is 7.86. The molecule has 2 rings (SSSR count). The molecule has 1 fully saturated rings. The second-order valence-electron chi connectivity index (χ2n) is 4.62. The Labute approximate surface area is 98.7 Å². The van der Waals surface area contributed by atoms with Crippen molar-refractivity contribution in [2.24, 2.45) is 0 Å². The van der Waals surface area contributed by atoms with Crippen molar-refractivity contribution < 1.29 is 0 Å². The average Bonchev–Trinajstić information content (AvgIpc) is 2.56. The third-order valence-electron chi connectivity index (χ3n) is 3.39. The second kappa shape index (κ2) is 6.02. The van der Waals surface area contributed by atoms with Crippen molar-refractivity contribution in [2.45, 2.75) is 19.8 Å². The topological polar surface area (TPSA) is 15.3 Å². The predicted octanol–water partition coefficient (Wildman–Crippen LogP) is 1.83. The van der Waals surface area contributed by atoms with Crippen LogP contribution >= 0.6 is 0 Å². The molecule has 1 aliphatic heterocycles. The molecule has 0 aliphatic carbocycles. The molecule has 0 unspecified atom stereocenters. The SMILES string of the molecule is Cc1ccccc1CCN1CCCNCC1. The van der Waals surface area contributed by atoms with Gasteiger partial charge in [0.25, 0.3) is 0 Å². The lowest BCUT2D eigenvalue weighted by Crippen LogP contribution is -2.30. The summed E-state index contributed by atoms with van der Waals surface area (Å²) in [6.45, 7) is 8.19. The highest BCUT2D eigenvalue weighted by Gasteiger charge is 2.08. The van der Waals surface area contributed by atoms with Crippen LogP contribution in [0.3, 0.4) is 0 Å². The minimum atomic E-state index is 1.15. The Morgan fingerprint density at radius 3 is 2.94 bits per heavy atom. The highest BCUT2D eigenvalue weighted by Crippen LogP contribution is 2.08. The molecule has 0 aromatic heterocycles. The van der Waals surface area contributed by atoms with Crippen LogP contribution in [0.2, 0.25) is 0 Å². The molecule has 16 heavy (non-hydrogen) atoms. The standard InChI is InChI=1S/C14H22N2/c1-13-5-2-3-6-14(13)7-11-16-10-4-8-15-9-12-16/h2-3,5-6,15H,4,7-12H2,1H3. The van der Waals surface area contributed by atoms with Crippen LogP contribution < -0.4 is 5.32 Å². The Kier molecular flexibility index (Phi) is 4.37. The number of hydrogen-bond acceptors (Lipinski definition) is 2. The van der Waals surface area contributed by atoms with Gasteiger partial charge in [-0.1, -0.05) is 24.3 Å². The molecule has 0 atom stereocenters. The molecule has 1 aliphatic rings. The van der Waals surface area contributed by atoms with Crippen molar-refractivity contribution in [3.05, 3.63) is 35.4 Å². The lowest BCUT2D eigenvalue weighted by molar-refractivity contribution is 0.296. The van der Waals surface area contributed by atoms with Crippen molar-refractivity contribution in [2.75, 3.05) is 32.7 Å². The molecule has 0 amide bonds. The quantitative estimate of drug-likeness (QED) is 0.832. The molecule has 2 heteroatoms. The first-order valence-electron chi connectivity index (χ1n) is 6.34. The third-order valence-corrected chi connectivity index (χ3v) is 3.39. The normalized spacial score (nSPS) is 18.3. The average molecular weight is 218 g/mol. The fourth-order valence-electron chi connectivity index (χ4n) is 2.29. The highest BCUT2D eigenvalue weighted by atomic mass is 15.1. The largest absolute Gasteiger partial charge is 0.315 e. The first kappa shape index (κ1) is 11.6. The summed E-state index contributed by atoms with van der Waals surface area (Å²) in [5.74, 6) is 0. The molecule has 1 aromatic carbocycles. The molecule has 2 nitrogen and oxygen atoms in total. The van der Waals surface area contributed by atoms with E-state index in [1.165, 1.54) is 50.1 Å². The van der Waals surface area contributed by atoms with E-state index in [0.717, 1.165) is 6.54 Å². The summed E-state index contributed by atoms with van der Waals surface area (Å²) in [6.07, 6.45) is 2.47. The summed E-state index contributed by atoms with van der Waals surface area (Å²) in [7, 11) is 0. The van der Waals surface area contributed by atoms with E-state index in [-0.39, 0.29) is 0 Å². The number of nitrogens with one attached hydrogen (secondary N) is 1. The number of hydrogen-bond donors (Lipinski definition) is 1. The van der Waals surface area contributed by atoms with Gasteiger partial charge < -0.3 is 10.2 Å². The van der Waals surface area contributed by atoms with E-state index in [1.807, 2.05) is 0 Å². The molecule has 88 valence electrons. The molecule has 1 N–H and O–H groups in total. The minimum absolute atomic E-state index is 1.15. The Bertz CT molecular complexity index is 314. The molecule has 0 radical (unpaired) electrons. The van der Waals surface area contributed by atoms with Crippen LogP contribution in [0.4, 0.5) is 0 Å². The van der Waals surface area contributed by atoms with Crippen LogP contribution in [-0.2, 0) is 6.42 Å². The summed E-state index contributed by atoms with van der Waals surface area (Å²) < 4.78 is 0. The molecule has 1 aromatic rings. The fraction of sp³-hybridized carbons (Fsp3) is 0.571. The molecular formula is C14H22N2. The summed E-state index contributed by atoms with van der Waals surface area (Å²) >= 11 is 0. The van der Waals surface area contributed by atoms with Crippen LogP contribution in [0.15, 0.2) is 24.3 Å². The molecule has 1 heterocycles. The predicted molar refractivity (Wildman–Crippen MR) is 68.8 cm³/mol. The summed E-state index contributed by atoms with van der Waals surface area (Å²) in [4.78, 5) is 2.58. The Morgan fingerprint density at radius 2 is 2.06 bits per heavy atom. The Morgan fingerprint density at radius 1 is 1.19 bits per heavy atom. The fourth-order valence-corrected chi connectivity index (χ4v) is 2.29. The van der Waals surface area contributed by atoms with E-state index in [9.17, 15) is 0 Å². The second-order valence-corrected chi connectivity index (χ2v) is 4.62. The van der Waals surface area contributed by atoms with Crippen molar-refractivity contribution in [1.29, 1.82) is 0 Å². The third kappa shape index (κ3) is 3.32. The molecular weight excluding hydrogens is 196 g/mol. The van der Waals surface area contributed by atoms with Crippen LogP contribution in [0, 0.1) is 6.92 Å². The van der Waals surface area contributed by atoms with Gasteiger partial charge in [-0.15, -0.1) is 0 Å². The van der Waals surface area contributed by atoms with Gasteiger partial charge in [-0.3, -0.25) is 0 Å². The summed E-state index contributed by atoms with van der Waals surface area (Å²) in [5, 5.41) is 3.45. The molecule has 1 saturated heterocycles. The van der Waals surface area contributed by atoms with Gasteiger partial charge in [-0.25, -0.2) is 0 Å². The Balaban J connectivity index is 1.84. The van der Waals surface area contributed by atoms with E-state index in [4.69, 9.17) is 0 Å². The van der Waals surface area contributed by atoms with Gasteiger partial charge in [0.1, 0.15) is 0 Å². The molecule has 0 spiro atoms. The maximum absolute atomic E-state index is 3.45. The summed E-state index contributed by atoms with van der Waals surface area (Å²) in [6, 6.07) is 8.73. The van der Waals surface area contributed by atoms with Crippen molar-refractivity contribution in [1.82, 2.24) is 10.2 Å². The monoisotopic (exact) mass is 218 g/mol. The lowest BCUT2D eigenvalue weighted by Gasteiger charge is -2.19. The zero-order valence-electron chi connectivity index (χ0n) is 10.2. The molecule has 0 saturated carbocycles. The number of nitrogens with zero attached hydrogens (tertiary/aromatic N) is 1. The van der Waals surface area contributed by atoms with Crippen molar-refractivity contribution in [3.63, 3.8) is 0 Å². The smallest absolute Gasteiger partial charge is 0.0107 e. The maximum Gasteiger partial charge on any atom is 0.0107 e. The van der Waals surface area contributed by atoms with Gasteiger partial charge in [-0.05, 0) is 44.0 Å². The van der Waals surface area contributed by atoms with Gasteiger partial charge in [0.15, 0.2) is 0 Å². The van der Waals surface area contributed by atoms with Gasteiger partial charge >= 0.3 is 0 Å². The van der Waals surface area contributed by atoms with E-state index < -0.39 is 0 Å². The summed E-state index contributed by atoms with van der Waals surface area (Å²) in [5.41, 5.74) is 2.93. The maximum atomic E-state index is 3.45. The van der Waals surface area contributed by atoms with E-state index in [2.05, 4.69) is 41.4 Å². The van der Waals surface area contributed by atoms with E-state index >= 15 is 0 Å². The zero-order valence-corrected chi connectivity index (χ0v) is 10.2. The number of benzene rings is 1. The van der Waals surface area contributed by atoms with Gasteiger partial charge in [0.2, 0.25) is 0 Å². The van der Waals surface area contributed by atoms with Gasteiger partial charge in [0, 0.05) is 19.6 Å².